The molecular formula is C25H26F6N4O4. The molecule has 0 unspecified atom stereocenters. The van der Waals surface area contributed by atoms with E-state index in [0.717, 1.165) is 33.1 Å². The van der Waals surface area contributed by atoms with E-state index in [1.54, 1.807) is 0 Å². The van der Waals surface area contributed by atoms with Crippen molar-refractivity contribution in [3.63, 3.8) is 0 Å². The van der Waals surface area contributed by atoms with Gasteiger partial charge in [0.25, 0.3) is 11.8 Å². The third kappa shape index (κ3) is 5.14. The van der Waals surface area contributed by atoms with E-state index in [2.05, 4.69) is 15.6 Å². The van der Waals surface area contributed by atoms with E-state index in [-0.39, 0.29) is 11.3 Å². The van der Waals surface area contributed by atoms with Crippen LogP contribution in [-0.4, -0.2) is 72.9 Å². The van der Waals surface area contributed by atoms with Crippen LogP contribution in [0.4, 0.5) is 32.0 Å². The Labute approximate surface area is 219 Å². The van der Waals surface area contributed by atoms with Crippen molar-refractivity contribution in [2.45, 2.75) is 37.6 Å². The molecule has 4 atom stereocenters. The number of nitrogens with one attached hydrogen (secondary N) is 2. The first-order chi connectivity index (χ1) is 18.3. The summed E-state index contributed by atoms with van der Waals surface area (Å²) in [5.41, 5.74) is -3.81. The molecule has 39 heavy (non-hydrogen) atoms. The molecule has 212 valence electrons. The number of hydrogen-bond donors (Lipinski definition) is 2. The molecular weight excluding hydrogens is 534 g/mol. The van der Waals surface area contributed by atoms with Gasteiger partial charge < -0.3 is 25.0 Å². The van der Waals surface area contributed by atoms with Crippen LogP contribution < -0.4 is 15.4 Å². The minimum absolute atomic E-state index is 0.187. The summed E-state index contributed by atoms with van der Waals surface area (Å²) in [7, 11) is 1.00. The first-order valence-corrected chi connectivity index (χ1v) is 12.0. The zero-order valence-electron chi connectivity index (χ0n) is 21.2. The van der Waals surface area contributed by atoms with Crippen LogP contribution in [0.5, 0.6) is 5.75 Å². The van der Waals surface area contributed by atoms with Gasteiger partial charge in [-0.2, -0.15) is 17.6 Å². The van der Waals surface area contributed by atoms with Gasteiger partial charge in [-0.15, -0.1) is 0 Å². The predicted molar refractivity (Wildman–Crippen MR) is 126 cm³/mol. The minimum Gasteiger partial charge on any atom is -0.493 e. The highest BCUT2D eigenvalue weighted by molar-refractivity contribution is 5.98. The standard InChI is InChI=1S/C25H26F6N4O4/c1-12-18(13-4-5-14(26)19(28)20(13)38-3)21(39-24(12,2)25(29,30)31)22(36)34-16-10-17(33-11-15(16)27)23(37)35-8-6-32-7-9-35/h4-5,10-12,18,21,32H,6-9H2,1-3H3,(H,33,34,36)/t12-,18-,21+,24+/m0/s1. The fourth-order valence-electron chi connectivity index (χ4n) is 4.93. The van der Waals surface area contributed by atoms with Gasteiger partial charge in [-0.25, -0.2) is 13.8 Å². The van der Waals surface area contributed by atoms with Gasteiger partial charge >= 0.3 is 6.18 Å². The SMILES string of the molecule is COc1c([C@H]2[C@H](C(=O)Nc3cc(C(=O)N4CCNCC4)ncc3F)O[C@@](C)(C(F)(F)F)[C@H]2C)ccc(F)c1F. The number of methoxy groups -OCH3 is 1. The Balaban J connectivity index is 1.70. The van der Waals surface area contributed by atoms with Crippen LogP contribution in [0, 0.1) is 23.4 Å². The Morgan fingerprint density at radius 1 is 1.18 bits per heavy atom. The first kappa shape index (κ1) is 28.6. The number of carbonyl (C=O) groups excluding carboxylic acids is 2. The maximum absolute atomic E-state index is 14.6. The van der Waals surface area contributed by atoms with E-state index in [9.17, 15) is 35.9 Å². The van der Waals surface area contributed by atoms with Gasteiger partial charge in [-0.3, -0.25) is 9.59 Å². The zero-order chi connectivity index (χ0) is 28.7. The molecule has 8 nitrogen and oxygen atoms in total. The summed E-state index contributed by atoms with van der Waals surface area (Å²) in [6.45, 7) is 3.73. The lowest BCUT2D eigenvalue weighted by atomic mass is 9.77. The molecule has 2 N–H and O–H groups in total. The molecule has 2 amide bonds. The molecule has 2 aliphatic heterocycles. The third-order valence-electron chi connectivity index (χ3n) is 7.31. The number of amides is 2. The number of rotatable bonds is 5. The van der Waals surface area contributed by atoms with Gasteiger partial charge in [-0.1, -0.05) is 13.0 Å². The van der Waals surface area contributed by atoms with Crippen molar-refractivity contribution in [3.8, 4) is 5.75 Å². The molecule has 0 saturated carbocycles. The van der Waals surface area contributed by atoms with Crippen LogP contribution in [-0.2, 0) is 9.53 Å². The summed E-state index contributed by atoms with van der Waals surface area (Å²) >= 11 is 0. The molecule has 2 saturated heterocycles. The summed E-state index contributed by atoms with van der Waals surface area (Å²) in [6.07, 6.45) is -6.18. The average Bonchev–Trinajstić information content (AvgIpc) is 3.18. The number of carbonyl (C=O) groups is 2. The maximum atomic E-state index is 14.6. The molecule has 3 heterocycles. The van der Waals surface area contributed by atoms with Crippen molar-refractivity contribution >= 4 is 17.5 Å². The van der Waals surface area contributed by atoms with E-state index >= 15 is 0 Å². The lowest BCUT2D eigenvalue weighted by Crippen LogP contribution is -2.47. The van der Waals surface area contributed by atoms with Crippen molar-refractivity contribution in [3.05, 3.63) is 53.1 Å². The Morgan fingerprint density at radius 3 is 2.46 bits per heavy atom. The van der Waals surface area contributed by atoms with Crippen LogP contribution in [0.3, 0.4) is 0 Å². The van der Waals surface area contributed by atoms with Gasteiger partial charge in [0.15, 0.2) is 23.0 Å². The van der Waals surface area contributed by atoms with Crippen molar-refractivity contribution in [1.29, 1.82) is 0 Å². The van der Waals surface area contributed by atoms with Crippen LogP contribution in [0.1, 0.15) is 35.8 Å². The predicted octanol–water partition coefficient (Wildman–Crippen LogP) is 3.63. The van der Waals surface area contributed by atoms with E-state index in [0.29, 0.717) is 38.4 Å². The Hall–Kier alpha value is -3.39. The monoisotopic (exact) mass is 560 g/mol. The summed E-state index contributed by atoms with van der Waals surface area (Å²) in [5.74, 6) is -9.16. The van der Waals surface area contributed by atoms with Crippen LogP contribution in [0.2, 0.25) is 0 Å². The van der Waals surface area contributed by atoms with Crippen molar-refractivity contribution in [1.82, 2.24) is 15.2 Å². The summed E-state index contributed by atoms with van der Waals surface area (Å²) in [4.78, 5) is 31.4. The number of aromatic nitrogens is 1. The topological polar surface area (TPSA) is 92.8 Å². The van der Waals surface area contributed by atoms with Crippen LogP contribution >= 0.6 is 0 Å². The number of alkyl halides is 3. The lowest BCUT2D eigenvalue weighted by molar-refractivity contribution is -0.272. The number of pyridine rings is 1. The molecule has 2 fully saturated rings. The molecule has 14 heteroatoms. The van der Waals surface area contributed by atoms with Crippen molar-refractivity contribution in [2.75, 3.05) is 38.6 Å². The maximum Gasteiger partial charge on any atom is 0.417 e. The smallest absolute Gasteiger partial charge is 0.417 e. The number of piperazine rings is 1. The summed E-state index contributed by atoms with van der Waals surface area (Å²) in [5, 5.41) is 5.26. The van der Waals surface area contributed by atoms with Crippen LogP contribution in [0.25, 0.3) is 0 Å². The first-order valence-electron chi connectivity index (χ1n) is 12.0. The fourth-order valence-corrected chi connectivity index (χ4v) is 4.93. The minimum atomic E-state index is -4.96. The second-order valence-corrected chi connectivity index (χ2v) is 9.52. The molecule has 1 aromatic carbocycles. The third-order valence-corrected chi connectivity index (χ3v) is 7.31. The second-order valence-electron chi connectivity index (χ2n) is 9.52. The largest absolute Gasteiger partial charge is 0.493 e. The number of hydrogen-bond acceptors (Lipinski definition) is 6. The van der Waals surface area contributed by atoms with Gasteiger partial charge in [0.1, 0.15) is 11.8 Å². The van der Waals surface area contributed by atoms with E-state index in [1.165, 1.54) is 4.90 Å². The molecule has 2 aromatic rings. The van der Waals surface area contributed by atoms with E-state index in [4.69, 9.17) is 9.47 Å². The van der Waals surface area contributed by atoms with Gasteiger partial charge in [0.05, 0.1) is 19.0 Å². The van der Waals surface area contributed by atoms with Gasteiger partial charge in [0, 0.05) is 43.6 Å². The number of ether oxygens (including phenoxy) is 2. The van der Waals surface area contributed by atoms with Crippen molar-refractivity contribution < 1.29 is 45.4 Å². The summed E-state index contributed by atoms with van der Waals surface area (Å²) in [6, 6.07) is 2.70. The summed E-state index contributed by atoms with van der Waals surface area (Å²) < 4.78 is 95.6. The molecule has 0 radical (unpaired) electrons. The van der Waals surface area contributed by atoms with Gasteiger partial charge in [0.2, 0.25) is 5.82 Å². The molecule has 2 aliphatic rings. The quantitative estimate of drug-likeness (QED) is 0.543. The highest BCUT2D eigenvalue weighted by Gasteiger charge is 2.66. The van der Waals surface area contributed by atoms with Gasteiger partial charge in [-0.05, 0) is 19.1 Å². The lowest BCUT2D eigenvalue weighted by Gasteiger charge is -2.32. The fraction of sp³-hybridized carbons (Fsp3) is 0.480. The molecule has 1 aromatic heterocycles. The van der Waals surface area contributed by atoms with Crippen molar-refractivity contribution in [2.24, 2.45) is 5.92 Å². The van der Waals surface area contributed by atoms with Crippen LogP contribution in [0.15, 0.2) is 24.4 Å². The van der Waals surface area contributed by atoms with E-state index < -0.39 is 70.4 Å². The highest BCUT2D eigenvalue weighted by Crippen LogP contribution is 2.55. The molecule has 0 bridgehead atoms. The number of halogens is 6. The van der Waals surface area contributed by atoms with E-state index in [1.807, 2.05) is 0 Å². The molecule has 4 rings (SSSR count). The number of anilines is 1. The molecule has 0 spiro atoms. The Kier molecular flexibility index (Phi) is 7.81. The Morgan fingerprint density at radius 2 is 1.85 bits per heavy atom. The number of nitrogens with zero attached hydrogens (tertiary/aromatic N) is 2. The molecule has 0 aliphatic carbocycles. The zero-order valence-corrected chi connectivity index (χ0v) is 21.2. The average molecular weight is 560 g/mol. The number of benzene rings is 1. The normalized spacial score (nSPS) is 25.5. The highest BCUT2D eigenvalue weighted by atomic mass is 19.4. The second kappa shape index (κ2) is 10.6. The Bertz CT molecular complexity index is 1270.